The van der Waals surface area contributed by atoms with E-state index in [4.69, 9.17) is 25.6 Å². The average molecular weight is 416 g/mol. The third-order valence-corrected chi connectivity index (χ3v) is 6.39. The maximum Gasteiger partial charge on any atom is 0.497 e. The summed E-state index contributed by atoms with van der Waals surface area (Å²) in [7, 11) is -0.508. The summed E-state index contributed by atoms with van der Waals surface area (Å²) >= 11 is 6.59. The van der Waals surface area contributed by atoms with Crippen LogP contribution in [0.4, 0.5) is 5.82 Å². The largest absolute Gasteiger partial charge is 0.497 e. The number of piperidine rings is 1. The van der Waals surface area contributed by atoms with Gasteiger partial charge in [-0.2, -0.15) is 0 Å². The van der Waals surface area contributed by atoms with Crippen molar-refractivity contribution < 1.29 is 14.0 Å². The fraction of sp³-hybridized carbons (Fsp3) is 0.524. The van der Waals surface area contributed by atoms with E-state index in [9.17, 15) is 0 Å². The predicted molar refractivity (Wildman–Crippen MR) is 115 cm³/mol. The number of rotatable bonds is 4. The number of anilines is 1. The van der Waals surface area contributed by atoms with Gasteiger partial charge in [0.1, 0.15) is 11.9 Å². The molecule has 2 aromatic rings. The molecular formula is C21H27BClN3O3. The van der Waals surface area contributed by atoms with Crippen LogP contribution in [0, 0.1) is 0 Å². The third kappa shape index (κ3) is 4.22. The fourth-order valence-electron chi connectivity index (χ4n) is 3.54. The molecule has 0 N–H and O–H groups in total. The molecule has 6 nitrogen and oxygen atoms in total. The van der Waals surface area contributed by atoms with Gasteiger partial charge in [0.15, 0.2) is 0 Å². The van der Waals surface area contributed by atoms with Gasteiger partial charge in [-0.1, -0.05) is 17.7 Å². The topological polar surface area (TPSA) is 56.7 Å². The van der Waals surface area contributed by atoms with Crippen molar-refractivity contribution >= 4 is 30.0 Å². The smallest absolute Gasteiger partial charge is 0.474 e. The second-order valence-corrected chi connectivity index (χ2v) is 9.03. The molecular weight excluding hydrogens is 389 g/mol. The van der Waals surface area contributed by atoms with E-state index in [-0.39, 0.29) is 6.10 Å². The van der Waals surface area contributed by atoms with Gasteiger partial charge in [-0.3, -0.25) is 0 Å². The Hall–Kier alpha value is -1.83. The van der Waals surface area contributed by atoms with E-state index in [1.165, 1.54) is 0 Å². The van der Waals surface area contributed by atoms with E-state index in [0.29, 0.717) is 10.9 Å². The molecule has 154 valence electrons. The summed E-state index contributed by atoms with van der Waals surface area (Å²) in [6.07, 6.45) is 5.51. The highest BCUT2D eigenvalue weighted by atomic mass is 35.5. The van der Waals surface area contributed by atoms with Crippen LogP contribution in [-0.2, 0) is 9.31 Å². The van der Waals surface area contributed by atoms with Crippen molar-refractivity contribution in [3.8, 4) is 5.88 Å². The average Bonchev–Trinajstić information content (AvgIpc) is 2.90. The predicted octanol–water partition coefficient (Wildman–Crippen LogP) is 3.48. The van der Waals surface area contributed by atoms with Gasteiger partial charge in [0.05, 0.1) is 11.2 Å². The molecule has 0 saturated carbocycles. The number of hydrogen-bond acceptors (Lipinski definition) is 6. The second kappa shape index (κ2) is 7.78. The van der Waals surface area contributed by atoms with Crippen molar-refractivity contribution in [1.82, 2.24) is 9.97 Å². The molecule has 0 unspecified atom stereocenters. The fourth-order valence-corrected chi connectivity index (χ4v) is 3.77. The minimum atomic E-state index is -0.508. The number of pyridine rings is 2. The van der Waals surface area contributed by atoms with Gasteiger partial charge >= 0.3 is 7.12 Å². The maximum absolute atomic E-state index is 6.59. The second-order valence-electron chi connectivity index (χ2n) is 8.62. The van der Waals surface area contributed by atoms with Crippen LogP contribution in [0.1, 0.15) is 40.5 Å². The van der Waals surface area contributed by atoms with Crippen molar-refractivity contribution in [2.45, 2.75) is 57.8 Å². The number of ether oxygens (including phenoxy) is 1. The Labute approximate surface area is 177 Å². The lowest BCUT2D eigenvalue weighted by Gasteiger charge is -2.32. The SMILES string of the molecule is CC1(C)OB(c2cnc(N3CCC(Oc4ccccn4)CC3)cc2Cl)OC1(C)C. The summed E-state index contributed by atoms with van der Waals surface area (Å²) in [6.45, 7) is 9.83. The lowest BCUT2D eigenvalue weighted by atomic mass is 9.80. The van der Waals surface area contributed by atoms with Crippen LogP contribution in [-0.4, -0.2) is 47.5 Å². The number of aromatic nitrogens is 2. The summed E-state index contributed by atoms with van der Waals surface area (Å²) in [5.41, 5.74) is -0.0490. The van der Waals surface area contributed by atoms with Gasteiger partial charge in [0.25, 0.3) is 0 Å². The highest BCUT2D eigenvalue weighted by molar-refractivity contribution is 6.65. The molecule has 0 aliphatic carbocycles. The zero-order valence-corrected chi connectivity index (χ0v) is 18.1. The van der Waals surface area contributed by atoms with Crippen molar-refractivity contribution in [3.63, 3.8) is 0 Å². The standard InChI is InChI=1S/C21H27BClN3O3/c1-20(2)21(3,4)29-22(28-20)16-14-25-18(13-17(16)23)26-11-8-15(9-12-26)27-19-7-5-6-10-24-19/h5-7,10,13-15H,8-9,11-12H2,1-4H3. The van der Waals surface area contributed by atoms with E-state index in [2.05, 4.69) is 14.9 Å². The van der Waals surface area contributed by atoms with Gasteiger partial charge in [0, 0.05) is 54.9 Å². The Morgan fingerprint density at radius 3 is 2.38 bits per heavy atom. The number of nitrogens with zero attached hydrogens (tertiary/aromatic N) is 3. The van der Waals surface area contributed by atoms with Crippen molar-refractivity contribution in [2.75, 3.05) is 18.0 Å². The first-order chi connectivity index (χ1) is 13.7. The monoisotopic (exact) mass is 415 g/mol. The lowest BCUT2D eigenvalue weighted by molar-refractivity contribution is 0.00578. The van der Waals surface area contributed by atoms with E-state index < -0.39 is 18.3 Å². The lowest BCUT2D eigenvalue weighted by Crippen LogP contribution is -2.41. The van der Waals surface area contributed by atoms with E-state index >= 15 is 0 Å². The Morgan fingerprint density at radius 2 is 1.79 bits per heavy atom. The highest BCUT2D eigenvalue weighted by Gasteiger charge is 2.52. The molecule has 0 atom stereocenters. The summed E-state index contributed by atoms with van der Waals surface area (Å²) in [5, 5.41) is 0.611. The quantitative estimate of drug-likeness (QED) is 0.713. The molecule has 29 heavy (non-hydrogen) atoms. The van der Waals surface area contributed by atoms with Crippen molar-refractivity contribution in [2.24, 2.45) is 0 Å². The zero-order chi connectivity index (χ0) is 20.6. The third-order valence-electron chi connectivity index (χ3n) is 6.07. The minimum absolute atomic E-state index is 0.167. The van der Waals surface area contributed by atoms with Gasteiger partial charge in [-0.15, -0.1) is 0 Å². The Bertz CT molecular complexity index is 842. The van der Waals surface area contributed by atoms with Gasteiger partial charge in [0.2, 0.25) is 5.88 Å². The molecule has 0 amide bonds. The Balaban J connectivity index is 1.39. The highest BCUT2D eigenvalue weighted by Crippen LogP contribution is 2.37. The first kappa shape index (κ1) is 20.4. The molecule has 0 radical (unpaired) electrons. The summed E-state index contributed by atoms with van der Waals surface area (Å²) < 4.78 is 18.2. The van der Waals surface area contributed by atoms with Crippen LogP contribution < -0.4 is 15.1 Å². The van der Waals surface area contributed by atoms with Crippen molar-refractivity contribution in [3.05, 3.63) is 41.7 Å². The van der Waals surface area contributed by atoms with Gasteiger partial charge in [-0.05, 0) is 39.8 Å². The molecule has 2 fully saturated rings. The molecule has 0 bridgehead atoms. The molecule has 0 spiro atoms. The van der Waals surface area contributed by atoms with Crippen LogP contribution >= 0.6 is 11.6 Å². The van der Waals surface area contributed by atoms with Gasteiger partial charge in [-0.25, -0.2) is 9.97 Å². The van der Waals surface area contributed by atoms with Crippen LogP contribution in [0.25, 0.3) is 0 Å². The molecule has 2 aliphatic heterocycles. The maximum atomic E-state index is 6.59. The first-order valence-electron chi connectivity index (χ1n) is 10.1. The van der Waals surface area contributed by atoms with Crippen molar-refractivity contribution in [1.29, 1.82) is 0 Å². The van der Waals surface area contributed by atoms with E-state index in [1.54, 1.807) is 12.4 Å². The summed E-state index contributed by atoms with van der Waals surface area (Å²) in [4.78, 5) is 11.1. The number of hydrogen-bond donors (Lipinski definition) is 0. The molecule has 4 rings (SSSR count). The number of halogens is 1. The molecule has 2 saturated heterocycles. The van der Waals surface area contributed by atoms with E-state index in [1.807, 2.05) is 52.0 Å². The molecule has 2 aliphatic rings. The molecule has 8 heteroatoms. The zero-order valence-electron chi connectivity index (χ0n) is 17.4. The van der Waals surface area contributed by atoms with Gasteiger partial charge < -0.3 is 18.9 Å². The molecule has 0 aromatic carbocycles. The first-order valence-corrected chi connectivity index (χ1v) is 10.5. The molecule has 4 heterocycles. The minimum Gasteiger partial charge on any atom is -0.474 e. The molecule has 2 aromatic heterocycles. The van der Waals surface area contributed by atoms with E-state index in [0.717, 1.165) is 37.2 Å². The van der Waals surface area contributed by atoms with Crippen LogP contribution in [0.5, 0.6) is 5.88 Å². The summed E-state index contributed by atoms with van der Waals surface area (Å²) in [5.74, 6) is 1.55. The Morgan fingerprint density at radius 1 is 1.10 bits per heavy atom. The Kier molecular flexibility index (Phi) is 5.49. The van der Waals surface area contributed by atoms with Crippen LogP contribution in [0.2, 0.25) is 5.02 Å². The summed E-state index contributed by atoms with van der Waals surface area (Å²) in [6, 6.07) is 7.62. The normalized spacial score (nSPS) is 21.4. The van der Waals surface area contributed by atoms with Crippen LogP contribution in [0.3, 0.4) is 0 Å². The van der Waals surface area contributed by atoms with Crippen LogP contribution in [0.15, 0.2) is 36.7 Å².